The predicted molar refractivity (Wildman–Crippen MR) is 98.3 cm³/mol. The molecule has 142 valence electrons. The number of carboxylic acid groups (broad SMARTS) is 1. The van der Waals surface area contributed by atoms with Crippen molar-refractivity contribution in [3.05, 3.63) is 35.9 Å². The highest BCUT2D eigenvalue weighted by Crippen LogP contribution is 2.30. The molecule has 1 aromatic rings. The summed E-state index contributed by atoms with van der Waals surface area (Å²) >= 11 is 0. The first-order valence-corrected chi connectivity index (χ1v) is 9.18. The Morgan fingerprint density at radius 3 is 2.27 bits per heavy atom. The molecule has 0 aliphatic carbocycles. The summed E-state index contributed by atoms with van der Waals surface area (Å²) in [4.78, 5) is 40.4. The van der Waals surface area contributed by atoms with E-state index in [0.717, 1.165) is 16.9 Å². The molecular weight excluding hydrogens is 332 g/mol. The minimum absolute atomic E-state index is 0.0475. The van der Waals surface area contributed by atoms with Crippen LogP contribution in [0, 0.1) is 11.8 Å². The molecule has 0 saturated carbocycles. The Morgan fingerprint density at radius 1 is 1.15 bits per heavy atom. The lowest BCUT2D eigenvalue weighted by Crippen LogP contribution is -2.46. The summed E-state index contributed by atoms with van der Waals surface area (Å²) in [7, 11) is 0. The van der Waals surface area contributed by atoms with Gasteiger partial charge in [0.15, 0.2) is 0 Å². The lowest BCUT2D eigenvalue weighted by atomic mass is 9.96. The summed E-state index contributed by atoms with van der Waals surface area (Å²) < 4.78 is 0. The second kappa shape index (κ2) is 8.34. The van der Waals surface area contributed by atoms with E-state index >= 15 is 0 Å². The monoisotopic (exact) mass is 360 g/mol. The van der Waals surface area contributed by atoms with Gasteiger partial charge in [0.2, 0.25) is 0 Å². The highest BCUT2D eigenvalue weighted by atomic mass is 16.4. The van der Waals surface area contributed by atoms with Gasteiger partial charge in [-0.25, -0.2) is 14.5 Å². The molecular formula is C20H28N2O4. The van der Waals surface area contributed by atoms with Gasteiger partial charge in [0.25, 0.3) is 5.91 Å². The normalized spacial score (nSPS) is 20.0. The fourth-order valence-electron chi connectivity index (χ4n) is 3.40. The number of carbonyl (C=O) groups excluding carboxylic acids is 2. The molecule has 0 spiro atoms. The van der Waals surface area contributed by atoms with E-state index in [1.165, 1.54) is 4.90 Å². The third-order valence-electron chi connectivity index (χ3n) is 4.95. The van der Waals surface area contributed by atoms with Crippen LogP contribution < -0.4 is 0 Å². The number of carbonyl (C=O) groups is 3. The van der Waals surface area contributed by atoms with E-state index in [1.807, 2.05) is 58.0 Å². The highest BCUT2D eigenvalue weighted by molar-refractivity contribution is 6.07. The zero-order chi connectivity index (χ0) is 19.4. The van der Waals surface area contributed by atoms with Gasteiger partial charge in [0.1, 0.15) is 12.1 Å². The summed E-state index contributed by atoms with van der Waals surface area (Å²) in [6, 6.07) is 7.20. The van der Waals surface area contributed by atoms with E-state index in [-0.39, 0.29) is 18.3 Å². The molecule has 6 nitrogen and oxygen atoms in total. The summed E-state index contributed by atoms with van der Waals surface area (Å²) in [5.41, 5.74) is 0.916. The number of amides is 3. The first-order valence-electron chi connectivity index (χ1n) is 9.18. The van der Waals surface area contributed by atoms with Crippen LogP contribution in [0.5, 0.6) is 0 Å². The standard InChI is InChI=1S/C20H28N2O4/c1-5-14(4)17-18(23)22(16(19(24)25)11-13(2)3)20(26)21(17)12-15-9-7-6-8-10-15/h6-10,13-14,16-17H,5,11-12H2,1-4H3,(H,24,25). The highest BCUT2D eigenvalue weighted by Gasteiger charge is 2.51. The van der Waals surface area contributed by atoms with Gasteiger partial charge in [-0.15, -0.1) is 0 Å². The predicted octanol–water partition coefficient (Wildman–Crippen LogP) is 3.36. The number of imide groups is 1. The maximum atomic E-state index is 13.0. The number of benzene rings is 1. The number of carboxylic acids is 1. The fourth-order valence-corrected chi connectivity index (χ4v) is 3.40. The first-order chi connectivity index (χ1) is 12.3. The Bertz CT molecular complexity index is 659. The molecule has 1 saturated heterocycles. The second-order valence-corrected chi connectivity index (χ2v) is 7.42. The molecule has 6 heteroatoms. The molecule has 1 N–H and O–H groups in total. The minimum Gasteiger partial charge on any atom is -0.480 e. The topological polar surface area (TPSA) is 77.9 Å². The minimum atomic E-state index is -1.13. The van der Waals surface area contributed by atoms with Gasteiger partial charge in [0.05, 0.1) is 0 Å². The van der Waals surface area contributed by atoms with Crippen LogP contribution in [0.1, 0.15) is 46.1 Å². The van der Waals surface area contributed by atoms with E-state index in [2.05, 4.69) is 0 Å². The third kappa shape index (κ3) is 4.06. The molecule has 0 radical (unpaired) electrons. The van der Waals surface area contributed by atoms with Crippen molar-refractivity contribution in [1.29, 1.82) is 0 Å². The Hall–Kier alpha value is -2.37. The van der Waals surface area contributed by atoms with Crippen molar-refractivity contribution in [3.8, 4) is 0 Å². The van der Waals surface area contributed by atoms with E-state index in [9.17, 15) is 19.5 Å². The van der Waals surface area contributed by atoms with Crippen molar-refractivity contribution < 1.29 is 19.5 Å². The van der Waals surface area contributed by atoms with E-state index in [4.69, 9.17) is 0 Å². The number of nitrogens with zero attached hydrogens (tertiary/aromatic N) is 2. The van der Waals surface area contributed by atoms with E-state index < -0.39 is 30.0 Å². The Balaban J connectivity index is 2.38. The van der Waals surface area contributed by atoms with Crippen molar-refractivity contribution in [2.75, 3.05) is 0 Å². The van der Waals surface area contributed by atoms with Crippen molar-refractivity contribution in [1.82, 2.24) is 9.80 Å². The van der Waals surface area contributed by atoms with E-state index in [1.54, 1.807) is 0 Å². The van der Waals surface area contributed by atoms with Crippen molar-refractivity contribution in [3.63, 3.8) is 0 Å². The molecule has 0 bridgehead atoms. The third-order valence-corrected chi connectivity index (χ3v) is 4.95. The Labute approximate surface area is 154 Å². The number of hydrogen-bond donors (Lipinski definition) is 1. The number of hydrogen-bond acceptors (Lipinski definition) is 3. The van der Waals surface area contributed by atoms with Gasteiger partial charge in [-0.3, -0.25) is 4.79 Å². The van der Waals surface area contributed by atoms with Crippen LogP contribution in [0.25, 0.3) is 0 Å². The lowest BCUT2D eigenvalue weighted by molar-refractivity contribution is -0.147. The van der Waals surface area contributed by atoms with Gasteiger partial charge in [-0.1, -0.05) is 64.4 Å². The molecule has 1 fully saturated rings. The van der Waals surface area contributed by atoms with Crippen LogP contribution in [0.3, 0.4) is 0 Å². The van der Waals surface area contributed by atoms with E-state index in [0.29, 0.717) is 6.54 Å². The maximum Gasteiger partial charge on any atom is 0.328 e. The zero-order valence-corrected chi connectivity index (χ0v) is 15.9. The molecule has 1 heterocycles. The number of urea groups is 1. The van der Waals surface area contributed by atoms with Gasteiger partial charge in [-0.05, 0) is 23.8 Å². The molecule has 1 aromatic carbocycles. The molecule has 3 amide bonds. The number of rotatable bonds is 8. The number of aliphatic carboxylic acids is 1. The van der Waals surface area contributed by atoms with Crippen LogP contribution in [-0.4, -0.2) is 44.9 Å². The smallest absolute Gasteiger partial charge is 0.328 e. The van der Waals surface area contributed by atoms with Crippen LogP contribution in [0.15, 0.2) is 30.3 Å². The molecule has 26 heavy (non-hydrogen) atoms. The Kier molecular flexibility index (Phi) is 6.40. The maximum absolute atomic E-state index is 13.0. The van der Waals surface area contributed by atoms with Crippen LogP contribution in [0.2, 0.25) is 0 Å². The molecule has 3 unspecified atom stereocenters. The fraction of sp³-hybridized carbons (Fsp3) is 0.550. The average molecular weight is 360 g/mol. The SMILES string of the molecule is CCC(C)C1C(=O)N(C(CC(C)C)C(=O)O)C(=O)N1Cc1ccccc1. The molecule has 2 rings (SSSR count). The summed E-state index contributed by atoms with van der Waals surface area (Å²) in [5, 5.41) is 9.61. The van der Waals surface area contributed by atoms with Gasteiger partial charge in [0, 0.05) is 6.54 Å². The molecule has 0 aromatic heterocycles. The van der Waals surface area contributed by atoms with Crippen LogP contribution >= 0.6 is 0 Å². The summed E-state index contributed by atoms with van der Waals surface area (Å²) in [6.45, 7) is 7.96. The van der Waals surface area contributed by atoms with Gasteiger partial charge < -0.3 is 10.0 Å². The lowest BCUT2D eigenvalue weighted by Gasteiger charge is -2.26. The van der Waals surface area contributed by atoms with Gasteiger partial charge in [-0.2, -0.15) is 0 Å². The average Bonchev–Trinajstić information content (AvgIpc) is 2.83. The van der Waals surface area contributed by atoms with Crippen molar-refractivity contribution in [2.45, 2.75) is 59.2 Å². The van der Waals surface area contributed by atoms with Crippen molar-refractivity contribution >= 4 is 17.9 Å². The molecule has 3 atom stereocenters. The van der Waals surface area contributed by atoms with Crippen molar-refractivity contribution in [2.24, 2.45) is 11.8 Å². The quantitative estimate of drug-likeness (QED) is 0.721. The van der Waals surface area contributed by atoms with Gasteiger partial charge >= 0.3 is 12.0 Å². The second-order valence-electron chi connectivity index (χ2n) is 7.42. The molecule has 1 aliphatic heterocycles. The van der Waals surface area contributed by atoms with Crippen LogP contribution in [0.4, 0.5) is 4.79 Å². The molecule has 1 aliphatic rings. The largest absolute Gasteiger partial charge is 0.480 e. The zero-order valence-electron chi connectivity index (χ0n) is 15.9. The summed E-state index contributed by atoms with van der Waals surface area (Å²) in [5.74, 6) is -1.52. The first kappa shape index (κ1) is 19.9. The Morgan fingerprint density at radius 2 is 1.77 bits per heavy atom. The summed E-state index contributed by atoms with van der Waals surface area (Å²) in [6.07, 6.45) is 0.976. The van der Waals surface area contributed by atoms with Crippen LogP contribution in [-0.2, 0) is 16.1 Å².